The molecule has 0 unspecified atom stereocenters. The van der Waals surface area contributed by atoms with E-state index in [-0.39, 0.29) is 11.5 Å². The Balaban J connectivity index is 2.27. The number of carboxylic acid groups (broad SMARTS) is 1. The lowest BCUT2D eigenvalue weighted by Crippen LogP contribution is -2.08. The number of aromatic carboxylic acids is 1. The van der Waals surface area contributed by atoms with Crippen LogP contribution in [0.25, 0.3) is 16.3 Å². The number of halogens is 1. The number of thiophene rings is 1. The van der Waals surface area contributed by atoms with Crippen LogP contribution in [0, 0.1) is 0 Å². The molecule has 0 spiro atoms. The van der Waals surface area contributed by atoms with Crippen LogP contribution in [0.3, 0.4) is 0 Å². The summed E-state index contributed by atoms with van der Waals surface area (Å²) in [6.45, 7) is 0. The Morgan fingerprint density at radius 1 is 1.44 bits per heavy atom. The fraction of sp³-hybridized carbons (Fsp3) is 0. The van der Waals surface area contributed by atoms with Crippen molar-refractivity contribution in [2.24, 2.45) is 0 Å². The first-order valence-electron chi connectivity index (χ1n) is 4.85. The number of aromatic nitrogens is 4. The zero-order valence-electron chi connectivity index (χ0n) is 8.74. The maximum atomic E-state index is 11.2. The predicted molar refractivity (Wildman–Crippen MR) is 66.1 cm³/mol. The van der Waals surface area contributed by atoms with Gasteiger partial charge in [0.15, 0.2) is 5.69 Å². The van der Waals surface area contributed by atoms with Gasteiger partial charge in [-0.2, -0.15) is 14.6 Å². The SMILES string of the molecule is O=C(O)c1cc(-c2ccc(Cl)s2)nc2ncnn12. The van der Waals surface area contributed by atoms with Gasteiger partial charge in [-0.3, -0.25) is 0 Å². The van der Waals surface area contributed by atoms with Gasteiger partial charge in [0.05, 0.1) is 14.9 Å². The second-order valence-corrected chi connectivity index (χ2v) is 5.12. The third-order valence-electron chi connectivity index (χ3n) is 2.30. The molecule has 0 saturated carbocycles. The smallest absolute Gasteiger partial charge is 0.354 e. The number of hydrogen-bond acceptors (Lipinski definition) is 5. The number of hydrogen-bond donors (Lipinski definition) is 1. The molecule has 0 saturated heterocycles. The van der Waals surface area contributed by atoms with E-state index >= 15 is 0 Å². The van der Waals surface area contributed by atoms with E-state index in [9.17, 15) is 4.79 Å². The molecule has 6 nitrogen and oxygen atoms in total. The van der Waals surface area contributed by atoms with Gasteiger partial charge in [0.1, 0.15) is 6.33 Å². The van der Waals surface area contributed by atoms with Crippen LogP contribution in [0.1, 0.15) is 10.5 Å². The highest BCUT2D eigenvalue weighted by Crippen LogP contribution is 2.30. The Morgan fingerprint density at radius 2 is 2.28 bits per heavy atom. The highest BCUT2D eigenvalue weighted by atomic mass is 35.5. The van der Waals surface area contributed by atoms with E-state index in [1.165, 1.54) is 28.2 Å². The number of nitrogens with zero attached hydrogens (tertiary/aromatic N) is 4. The Hall–Kier alpha value is -1.99. The summed E-state index contributed by atoms with van der Waals surface area (Å²) >= 11 is 7.18. The molecule has 0 aliphatic heterocycles. The topological polar surface area (TPSA) is 80.4 Å². The molecule has 90 valence electrons. The van der Waals surface area contributed by atoms with Crippen molar-refractivity contribution in [2.45, 2.75) is 0 Å². The first-order chi connectivity index (χ1) is 8.65. The van der Waals surface area contributed by atoms with E-state index in [1.54, 1.807) is 12.1 Å². The van der Waals surface area contributed by atoms with Crippen molar-refractivity contribution >= 4 is 34.7 Å². The van der Waals surface area contributed by atoms with E-state index in [0.29, 0.717) is 10.0 Å². The normalized spacial score (nSPS) is 10.9. The summed E-state index contributed by atoms with van der Waals surface area (Å²) in [7, 11) is 0. The van der Waals surface area contributed by atoms with E-state index in [2.05, 4.69) is 15.1 Å². The average Bonchev–Trinajstić information content (AvgIpc) is 2.95. The molecule has 0 aliphatic carbocycles. The molecule has 3 rings (SSSR count). The minimum atomic E-state index is -1.09. The summed E-state index contributed by atoms with van der Waals surface area (Å²) in [5.41, 5.74) is 0.529. The van der Waals surface area contributed by atoms with Gasteiger partial charge in [0, 0.05) is 0 Å². The van der Waals surface area contributed by atoms with Crippen molar-refractivity contribution in [3.63, 3.8) is 0 Å². The zero-order valence-corrected chi connectivity index (χ0v) is 10.3. The van der Waals surface area contributed by atoms with Crippen LogP contribution in [0.4, 0.5) is 0 Å². The van der Waals surface area contributed by atoms with Gasteiger partial charge in [-0.1, -0.05) is 11.6 Å². The Kier molecular flexibility index (Phi) is 2.49. The first kappa shape index (κ1) is 11.1. The summed E-state index contributed by atoms with van der Waals surface area (Å²) in [6.07, 6.45) is 1.26. The second-order valence-electron chi connectivity index (χ2n) is 3.41. The molecule has 3 aromatic heterocycles. The molecule has 8 heteroatoms. The molecular weight excluding hydrogens is 276 g/mol. The van der Waals surface area contributed by atoms with Gasteiger partial charge in [-0.05, 0) is 18.2 Å². The van der Waals surface area contributed by atoms with Crippen LogP contribution < -0.4 is 0 Å². The van der Waals surface area contributed by atoms with Gasteiger partial charge >= 0.3 is 5.97 Å². The summed E-state index contributed by atoms with van der Waals surface area (Å²) in [6, 6.07) is 4.97. The van der Waals surface area contributed by atoms with Crippen LogP contribution >= 0.6 is 22.9 Å². The predicted octanol–water partition coefficient (Wildman–Crippen LogP) is 2.20. The summed E-state index contributed by atoms with van der Waals surface area (Å²) in [5, 5.41) is 13.0. The largest absolute Gasteiger partial charge is 0.477 e. The molecule has 0 atom stereocenters. The third kappa shape index (κ3) is 1.73. The molecule has 0 aromatic carbocycles. The van der Waals surface area contributed by atoms with Crippen LogP contribution in [-0.4, -0.2) is 30.7 Å². The van der Waals surface area contributed by atoms with Gasteiger partial charge < -0.3 is 5.11 Å². The molecule has 0 amide bonds. The Morgan fingerprint density at radius 3 is 2.94 bits per heavy atom. The van der Waals surface area contributed by atoms with Gasteiger partial charge in [0.2, 0.25) is 0 Å². The van der Waals surface area contributed by atoms with Gasteiger partial charge in [-0.15, -0.1) is 11.3 Å². The van der Waals surface area contributed by atoms with Crippen molar-refractivity contribution in [1.82, 2.24) is 19.6 Å². The maximum Gasteiger partial charge on any atom is 0.354 e. The lowest BCUT2D eigenvalue weighted by Gasteiger charge is -2.01. The Labute approximate surface area is 109 Å². The van der Waals surface area contributed by atoms with E-state index in [1.807, 2.05) is 0 Å². The minimum Gasteiger partial charge on any atom is -0.477 e. The van der Waals surface area contributed by atoms with Crippen molar-refractivity contribution in [2.75, 3.05) is 0 Å². The minimum absolute atomic E-state index is 0.0111. The summed E-state index contributed by atoms with van der Waals surface area (Å²) < 4.78 is 1.80. The van der Waals surface area contributed by atoms with Crippen LogP contribution in [-0.2, 0) is 0 Å². The fourth-order valence-electron chi connectivity index (χ4n) is 1.54. The van der Waals surface area contributed by atoms with Crippen LogP contribution in [0.5, 0.6) is 0 Å². The van der Waals surface area contributed by atoms with Crippen molar-refractivity contribution in [3.05, 3.63) is 34.6 Å². The van der Waals surface area contributed by atoms with E-state index < -0.39 is 5.97 Å². The molecule has 0 fully saturated rings. The molecule has 18 heavy (non-hydrogen) atoms. The highest BCUT2D eigenvalue weighted by Gasteiger charge is 2.15. The zero-order chi connectivity index (χ0) is 12.7. The van der Waals surface area contributed by atoms with Crippen molar-refractivity contribution in [1.29, 1.82) is 0 Å². The quantitative estimate of drug-likeness (QED) is 0.778. The molecular formula is C10H5ClN4O2S. The van der Waals surface area contributed by atoms with Gasteiger partial charge in [0.25, 0.3) is 5.78 Å². The van der Waals surface area contributed by atoms with Crippen LogP contribution in [0.15, 0.2) is 24.5 Å². The van der Waals surface area contributed by atoms with Crippen molar-refractivity contribution in [3.8, 4) is 10.6 Å². The molecule has 0 aliphatic rings. The van der Waals surface area contributed by atoms with Crippen LogP contribution in [0.2, 0.25) is 4.34 Å². The number of fused-ring (bicyclic) bond motifs is 1. The summed E-state index contributed by atoms with van der Waals surface area (Å²) in [4.78, 5) is 20.1. The standard InChI is InChI=1S/C10H5ClN4O2S/c11-8-2-1-7(18-8)5-3-6(9(16)17)15-10(14-5)12-4-13-15/h1-4H,(H,16,17). The highest BCUT2D eigenvalue weighted by molar-refractivity contribution is 7.19. The molecule has 3 aromatic rings. The Bertz CT molecular complexity index is 751. The van der Waals surface area contributed by atoms with E-state index in [0.717, 1.165) is 4.88 Å². The molecule has 1 N–H and O–H groups in total. The summed E-state index contributed by atoms with van der Waals surface area (Å²) in [5.74, 6) is -0.841. The lowest BCUT2D eigenvalue weighted by molar-refractivity contribution is 0.0687. The van der Waals surface area contributed by atoms with Crippen molar-refractivity contribution < 1.29 is 9.90 Å². The molecule has 0 radical (unpaired) electrons. The second kappa shape index (κ2) is 4.04. The average molecular weight is 281 g/mol. The van der Waals surface area contributed by atoms with Gasteiger partial charge in [-0.25, -0.2) is 9.78 Å². The monoisotopic (exact) mass is 280 g/mol. The molecule has 0 bridgehead atoms. The number of carbonyl (C=O) groups is 1. The lowest BCUT2D eigenvalue weighted by atomic mass is 10.3. The fourth-order valence-corrected chi connectivity index (χ4v) is 2.55. The molecule has 3 heterocycles. The first-order valence-corrected chi connectivity index (χ1v) is 6.04. The number of carboxylic acids is 1. The maximum absolute atomic E-state index is 11.2. The number of rotatable bonds is 2. The third-order valence-corrected chi connectivity index (χ3v) is 3.55. The van der Waals surface area contributed by atoms with E-state index in [4.69, 9.17) is 16.7 Å².